The number of rotatable bonds is 12. The van der Waals surface area contributed by atoms with Crippen LogP contribution in [0, 0.1) is 5.92 Å². The van der Waals surface area contributed by atoms with Crippen molar-refractivity contribution >= 4 is 50.7 Å². The van der Waals surface area contributed by atoms with Crippen molar-refractivity contribution in [3.8, 4) is 0 Å². The van der Waals surface area contributed by atoms with Crippen molar-refractivity contribution in [3.05, 3.63) is 100 Å². The van der Waals surface area contributed by atoms with Crippen LogP contribution in [0.4, 0.5) is 5.69 Å². The van der Waals surface area contributed by atoms with E-state index >= 15 is 0 Å². The Balaban J connectivity index is 2.06. The number of amides is 2. The first-order valence-electron chi connectivity index (χ1n) is 12.5. The summed E-state index contributed by atoms with van der Waals surface area (Å²) in [5.41, 5.74) is 1.74. The number of carbonyl (C=O) groups is 2. The van der Waals surface area contributed by atoms with Gasteiger partial charge in [-0.2, -0.15) is 0 Å². The van der Waals surface area contributed by atoms with Crippen LogP contribution in [-0.2, 0) is 32.6 Å². The van der Waals surface area contributed by atoms with E-state index in [2.05, 4.69) is 5.32 Å². The second-order valence-electron chi connectivity index (χ2n) is 9.71. The van der Waals surface area contributed by atoms with Crippen LogP contribution >= 0.6 is 23.2 Å². The normalized spacial score (nSPS) is 12.2. The van der Waals surface area contributed by atoms with E-state index in [1.165, 1.54) is 11.0 Å². The van der Waals surface area contributed by atoms with Crippen molar-refractivity contribution in [2.75, 3.05) is 23.7 Å². The van der Waals surface area contributed by atoms with Crippen molar-refractivity contribution in [1.29, 1.82) is 0 Å². The molecule has 0 radical (unpaired) electrons. The highest BCUT2D eigenvalue weighted by Crippen LogP contribution is 2.24. The molecule has 1 N–H and O–H groups in total. The standard InChI is InChI=1S/C29H33Cl2N3O4S/c1-21(2)18-32-29(36)27(16-22-10-5-4-6-11-22)33(19-23-12-7-8-15-26(23)31)28(35)20-34(39(3,37)38)25-14-9-13-24(30)17-25/h4-15,17,21,27H,16,18-20H2,1-3H3,(H,32,36). The molecule has 0 bridgehead atoms. The van der Waals surface area contributed by atoms with Gasteiger partial charge in [0.1, 0.15) is 12.6 Å². The molecule has 0 aliphatic rings. The molecule has 0 aliphatic carbocycles. The quantitative estimate of drug-likeness (QED) is 0.315. The van der Waals surface area contributed by atoms with E-state index in [-0.39, 0.29) is 30.5 Å². The molecule has 0 spiro atoms. The average Bonchev–Trinajstić information content (AvgIpc) is 2.88. The molecular weight excluding hydrogens is 557 g/mol. The average molecular weight is 591 g/mol. The summed E-state index contributed by atoms with van der Waals surface area (Å²) in [6.45, 7) is 3.88. The number of nitrogens with zero attached hydrogens (tertiary/aromatic N) is 2. The predicted octanol–water partition coefficient (Wildman–Crippen LogP) is 5.17. The largest absolute Gasteiger partial charge is 0.354 e. The lowest BCUT2D eigenvalue weighted by Gasteiger charge is -2.34. The van der Waals surface area contributed by atoms with Crippen molar-refractivity contribution in [1.82, 2.24) is 10.2 Å². The number of hydrogen-bond acceptors (Lipinski definition) is 4. The zero-order valence-electron chi connectivity index (χ0n) is 22.2. The molecule has 0 saturated heterocycles. The van der Waals surface area contributed by atoms with Crippen molar-refractivity contribution in [3.63, 3.8) is 0 Å². The van der Waals surface area contributed by atoms with E-state index in [1.54, 1.807) is 42.5 Å². The fourth-order valence-corrected chi connectivity index (χ4v) is 5.25. The van der Waals surface area contributed by atoms with Gasteiger partial charge in [0.15, 0.2) is 0 Å². The number of hydrogen-bond donors (Lipinski definition) is 1. The highest BCUT2D eigenvalue weighted by atomic mass is 35.5. The van der Waals surface area contributed by atoms with Gasteiger partial charge in [0.2, 0.25) is 21.8 Å². The first-order chi connectivity index (χ1) is 18.5. The highest BCUT2D eigenvalue weighted by Gasteiger charge is 2.33. The molecule has 208 valence electrons. The third-order valence-electron chi connectivity index (χ3n) is 6.03. The number of sulfonamides is 1. The third-order valence-corrected chi connectivity index (χ3v) is 7.77. The Labute approximate surface area is 240 Å². The topological polar surface area (TPSA) is 86.8 Å². The molecule has 0 heterocycles. The zero-order chi connectivity index (χ0) is 28.6. The zero-order valence-corrected chi connectivity index (χ0v) is 24.5. The summed E-state index contributed by atoms with van der Waals surface area (Å²) in [7, 11) is -3.87. The smallest absolute Gasteiger partial charge is 0.244 e. The second-order valence-corrected chi connectivity index (χ2v) is 12.5. The van der Waals surface area contributed by atoms with Crippen molar-refractivity contribution in [2.45, 2.75) is 32.9 Å². The van der Waals surface area contributed by atoms with Gasteiger partial charge in [-0.3, -0.25) is 13.9 Å². The summed E-state index contributed by atoms with van der Waals surface area (Å²) in [4.78, 5) is 29.0. The van der Waals surface area contributed by atoms with E-state index in [9.17, 15) is 18.0 Å². The molecule has 0 aromatic heterocycles. The summed E-state index contributed by atoms with van der Waals surface area (Å²) in [6.07, 6.45) is 1.26. The molecule has 1 atom stereocenters. The van der Waals surface area contributed by atoms with E-state index in [0.29, 0.717) is 22.2 Å². The van der Waals surface area contributed by atoms with Crippen LogP contribution in [0.15, 0.2) is 78.9 Å². The van der Waals surface area contributed by atoms with E-state index < -0.39 is 28.5 Å². The summed E-state index contributed by atoms with van der Waals surface area (Å²) in [6, 6.07) is 21.8. The first kappa shape index (κ1) is 30.5. The number of nitrogens with one attached hydrogen (secondary N) is 1. The monoisotopic (exact) mass is 589 g/mol. The molecular formula is C29H33Cl2N3O4S. The molecule has 0 fully saturated rings. The van der Waals surface area contributed by atoms with Crippen LogP contribution < -0.4 is 9.62 Å². The van der Waals surface area contributed by atoms with Crippen LogP contribution in [0.25, 0.3) is 0 Å². The molecule has 7 nitrogen and oxygen atoms in total. The van der Waals surface area contributed by atoms with E-state index in [1.807, 2.05) is 44.2 Å². The maximum atomic E-state index is 14.0. The Morgan fingerprint density at radius 3 is 2.21 bits per heavy atom. The first-order valence-corrected chi connectivity index (χ1v) is 15.1. The minimum Gasteiger partial charge on any atom is -0.354 e. The number of benzene rings is 3. The van der Waals surface area contributed by atoms with Crippen LogP contribution in [0.3, 0.4) is 0 Å². The third kappa shape index (κ3) is 8.98. The van der Waals surface area contributed by atoms with Crippen LogP contribution in [-0.4, -0.2) is 50.5 Å². The minimum atomic E-state index is -3.87. The second kappa shape index (κ2) is 13.8. The van der Waals surface area contributed by atoms with Gasteiger partial charge in [-0.1, -0.05) is 91.6 Å². The van der Waals surface area contributed by atoms with Crippen molar-refractivity contribution < 1.29 is 18.0 Å². The molecule has 3 rings (SSSR count). The molecule has 1 unspecified atom stereocenters. The maximum Gasteiger partial charge on any atom is 0.244 e. The summed E-state index contributed by atoms with van der Waals surface area (Å²) in [5, 5.41) is 3.71. The van der Waals surface area contributed by atoms with Crippen LogP contribution in [0.1, 0.15) is 25.0 Å². The summed E-state index contributed by atoms with van der Waals surface area (Å²) >= 11 is 12.6. The molecule has 10 heteroatoms. The van der Waals surface area contributed by atoms with E-state index in [4.69, 9.17) is 23.2 Å². The fourth-order valence-electron chi connectivity index (χ4n) is 4.03. The molecule has 39 heavy (non-hydrogen) atoms. The Kier molecular flexibility index (Phi) is 10.8. The predicted molar refractivity (Wildman–Crippen MR) is 157 cm³/mol. The lowest BCUT2D eigenvalue weighted by Crippen LogP contribution is -2.53. The number of carbonyl (C=O) groups excluding carboxylic acids is 2. The highest BCUT2D eigenvalue weighted by molar-refractivity contribution is 7.92. The van der Waals surface area contributed by atoms with Gasteiger partial charge in [-0.05, 0) is 41.3 Å². The minimum absolute atomic E-state index is 0.0122. The molecule has 3 aromatic rings. The SMILES string of the molecule is CC(C)CNC(=O)C(Cc1ccccc1)N(Cc1ccccc1Cl)C(=O)CN(c1cccc(Cl)c1)S(C)(=O)=O. The Bertz CT molecular complexity index is 1380. The maximum absolute atomic E-state index is 14.0. The number of anilines is 1. The molecule has 3 aromatic carbocycles. The molecule has 0 saturated carbocycles. The van der Waals surface area contributed by atoms with Gasteiger partial charge >= 0.3 is 0 Å². The fraction of sp³-hybridized carbons (Fsp3) is 0.310. The van der Waals surface area contributed by atoms with Gasteiger partial charge in [0.05, 0.1) is 11.9 Å². The summed E-state index contributed by atoms with van der Waals surface area (Å²) < 4.78 is 26.6. The van der Waals surface area contributed by atoms with Gasteiger partial charge < -0.3 is 10.2 Å². The van der Waals surface area contributed by atoms with Crippen LogP contribution in [0.5, 0.6) is 0 Å². The van der Waals surface area contributed by atoms with E-state index in [0.717, 1.165) is 16.1 Å². The van der Waals surface area contributed by atoms with Gasteiger partial charge in [0, 0.05) is 29.6 Å². The lowest BCUT2D eigenvalue weighted by molar-refractivity contribution is -0.140. The molecule has 0 aliphatic heterocycles. The van der Waals surface area contributed by atoms with Gasteiger partial charge in [-0.15, -0.1) is 0 Å². The van der Waals surface area contributed by atoms with Crippen LogP contribution in [0.2, 0.25) is 10.0 Å². The number of halogens is 2. The summed E-state index contributed by atoms with van der Waals surface area (Å²) in [5.74, 6) is -0.690. The lowest BCUT2D eigenvalue weighted by atomic mass is 10.0. The van der Waals surface area contributed by atoms with Crippen molar-refractivity contribution in [2.24, 2.45) is 5.92 Å². The van der Waals surface area contributed by atoms with Gasteiger partial charge in [0.25, 0.3) is 0 Å². The Morgan fingerprint density at radius 1 is 0.923 bits per heavy atom. The molecule has 2 amide bonds. The van der Waals surface area contributed by atoms with Gasteiger partial charge in [-0.25, -0.2) is 8.42 Å². The Hall–Kier alpha value is -3.07. The Morgan fingerprint density at radius 2 is 1.59 bits per heavy atom.